The first kappa shape index (κ1) is 14.8. The summed E-state index contributed by atoms with van der Waals surface area (Å²) in [5.41, 5.74) is 1.27. The number of fused-ring (bicyclic) bond motifs is 1. The van der Waals surface area contributed by atoms with Gasteiger partial charge in [-0.05, 0) is 25.1 Å². The third-order valence-corrected chi connectivity index (χ3v) is 5.63. The summed E-state index contributed by atoms with van der Waals surface area (Å²) >= 11 is 0. The van der Waals surface area contributed by atoms with Gasteiger partial charge in [0.25, 0.3) is 0 Å². The fourth-order valence-electron chi connectivity index (χ4n) is 2.73. The zero-order valence-electron chi connectivity index (χ0n) is 13.0. The molecule has 108 valence electrons. The molecule has 0 saturated heterocycles. The van der Waals surface area contributed by atoms with Crippen LogP contribution in [-0.4, -0.2) is 21.2 Å². The molecular formula is C16H23NO2Si. The molecule has 1 heterocycles. The molecule has 20 heavy (non-hydrogen) atoms. The SMILES string of the molecule is CCN(CC)c1c([Si](C)(C)C)c2ccccc2oc1=O. The highest BCUT2D eigenvalue weighted by molar-refractivity contribution is 6.91. The van der Waals surface area contributed by atoms with E-state index in [1.165, 1.54) is 5.19 Å². The summed E-state index contributed by atoms with van der Waals surface area (Å²) in [6.45, 7) is 12.6. The molecule has 0 amide bonds. The van der Waals surface area contributed by atoms with E-state index >= 15 is 0 Å². The summed E-state index contributed by atoms with van der Waals surface area (Å²) in [6, 6.07) is 7.87. The van der Waals surface area contributed by atoms with Crippen molar-refractivity contribution in [3.63, 3.8) is 0 Å². The Morgan fingerprint density at radius 3 is 2.25 bits per heavy atom. The number of para-hydroxylation sites is 1. The van der Waals surface area contributed by atoms with Crippen LogP contribution < -0.4 is 15.7 Å². The van der Waals surface area contributed by atoms with Crippen molar-refractivity contribution < 1.29 is 4.42 Å². The predicted octanol–water partition coefficient (Wildman–Crippen LogP) is 3.18. The average Bonchev–Trinajstić information content (AvgIpc) is 2.39. The van der Waals surface area contributed by atoms with Crippen LogP contribution in [0, 0.1) is 0 Å². The molecule has 2 rings (SSSR count). The largest absolute Gasteiger partial charge is 0.421 e. The molecule has 0 radical (unpaired) electrons. The van der Waals surface area contributed by atoms with E-state index in [0.29, 0.717) is 5.58 Å². The Labute approximate surface area is 121 Å². The van der Waals surface area contributed by atoms with E-state index in [2.05, 4.69) is 44.5 Å². The second kappa shape index (κ2) is 5.44. The van der Waals surface area contributed by atoms with Crippen molar-refractivity contribution in [3.05, 3.63) is 34.7 Å². The summed E-state index contributed by atoms with van der Waals surface area (Å²) in [4.78, 5) is 14.6. The topological polar surface area (TPSA) is 33.5 Å². The second-order valence-corrected chi connectivity index (χ2v) is 11.0. The molecule has 0 atom stereocenters. The van der Waals surface area contributed by atoms with Gasteiger partial charge in [-0.2, -0.15) is 0 Å². The predicted molar refractivity (Wildman–Crippen MR) is 89.0 cm³/mol. The second-order valence-electron chi connectivity index (χ2n) is 6.03. The van der Waals surface area contributed by atoms with Gasteiger partial charge in [-0.25, -0.2) is 4.79 Å². The third-order valence-electron chi connectivity index (χ3n) is 3.62. The first-order valence-electron chi connectivity index (χ1n) is 7.21. The molecule has 0 aliphatic carbocycles. The minimum atomic E-state index is -1.67. The third kappa shape index (κ3) is 2.52. The van der Waals surface area contributed by atoms with Gasteiger partial charge in [0.2, 0.25) is 0 Å². The number of hydrogen-bond donors (Lipinski definition) is 0. The van der Waals surface area contributed by atoms with Crippen molar-refractivity contribution in [1.29, 1.82) is 0 Å². The van der Waals surface area contributed by atoms with Crippen LogP contribution in [0.1, 0.15) is 13.8 Å². The van der Waals surface area contributed by atoms with Crippen LogP contribution in [0.15, 0.2) is 33.5 Å². The van der Waals surface area contributed by atoms with E-state index in [1.54, 1.807) is 0 Å². The standard InChI is InChI=1S/C16H23NO2Si/c1-6-17(7-2)14-15(20(3,4)5)12-10-8-9-11-13(12)19-16(14)18/h8-11H,6-7H2,1-5H3. The molecule has 4 heteroatoms. The fraction of sp³-hybridized carbons (Fsp3) is 0.438. The molecule has 0 bridgehead atoms. The van der Waals surface area contributed by atoms with Gasteiger partial charge in [-0.1, -0.05) is 37.8 Å². The van der Waals surface area contributed by atoms with Crippen LogP contribution >= 0.6 is 0 Å². The normalized spacial score (nSPS) is 11.8. The highest BCUT2D eigenvalue weighted by atomic mass is 28.3. The number of rotatable bonds is 4. The summed E-state index contributed by atoms with van der Waals surface area (Å²) < 4.78 is 5.54. The van der Waals surface area contributed by atoms with E-state index in [-0.39, 0.29) is 5.63 Å². The summed E-state index contributed by atoms with van der Waals surface area (Å²) in [5.74, 6) is 0. The van der Waals surface area contributed by atoms with Crippen molar-refractivity contribution in [2.45, 2.75) is 33.5 Å². The molecule has 0 aliphatic heterocycles. The van der Waals surface area contributed by atoms with Gasteiger partial charge in [0.15, 0.2) is 0 Å². The molecule has 2 aromatic rings. The maximum absolute atomic E-state index is 12.5. The van der Waals surface area contributed by atoms with Crippen molar-refractivity contribution in [1.82, 2.24) is 0 Å². The van der Waals surface area contributed by atoms with Crippen molar-refractivity contribution >= 4 is 29.9 Å². The molecule has 0 N–H and O–H groups in total. The average molecular weight is 289 g/mol. The Bertz CT molecular complexity index is 666. The van der Waals surface area contributed by atoms with Crippen LogP contribution in [0.2, 0.25) is 19.6 Å². The number of benzene rings is 1. The molecule has 0 unspecified atom stereocenters. The summed E-state index contributed by atoms with van der Waals surface area (Å²) in [7, 11) is -1.67. The van der Waals surface area contributed by atoms with Crippen molar-refractivity contribution in [3.8, 4) is 0 Å². The van der Waals surface area contributed by atoms with Gasteiger partial charge < -0.3 is 9.32 Å². The molecule has 0 spiro atoms. The summed E-state index contributed by atoms with van der Waals surface area (Å²) in [6.07, 6.45) is 0. The Hall–Kier alpha value is -1.55. The number of hydrogen-bond acceptors (Lipinski definition) is 3. The fourth-order valence-corrected chi connectivity index (χ4v) is 4.71. The lowest BCUT2D eigenvalue weighted by Crippen LogP contribution is -2.46. The Morgan fingerprint density at radius 2 is 1.70 bits per heavy atom. The minimum absolute atomic E-state index is 0.204. The molecule has 1 aromatic carbocycles. The molecule has 0 fully saturated rings. The van der Waals surface area contributed by atoms with Crippen LogP contribution in [0.25, 0.3) is 11.0 Å². The first-order valence-corrected chi connectivity index (χ1v) is 10.7. The van der Waals surface area contributed by atoms with Gasteiger partial charge in [0, 0.05) is 18.5 Å². The van der Waals surface area contributed by atoms with Gasteiger partial charge in [-0.3, -0.25) is 0 Å². The molecule has 1 aromatic heterocycles. The van der Waals surface area contributed by atoms with Crippen LogP contribution in [0.5, 0.6) is 0 Å². The van der Waals surface area contributed by atoms with Crippen LogP contribution in [-0.2, 0) is 0 Å². The lowest BCUT2D eigenvalue weighted by atomic mass is 10.2. The smallest absolute Gasteiger partial charge is 0.359 e. The monoisotopic (exact) mass is 289 g/mol. The summed E-state index contributed by atoms with van der Waals surface area (Å²) in [5, 5.41) is 2.31. The van der Waals surface area contributed by atoms with Crippen LogP contribution in [0.4, 0.5) is 5.69 Å². The van der Waals surface area contributed by atoms with Crippen LogP contribution in [0.3, 0.4) is 0 Å². The van der Waals surface area contributed by atoms with Crippen molar-refractivity contribution in [2.24, 2.45) is 0 Å². The highest BCUT2D eigenvalue weighted by Gasteiger charge is 2.28. The van der Waals surface area contributed by atoms with E-state index in [4.69, 9.17) is 4.42 Å². The lowest BCUT2D eigenvalue weighted by molar-refractivity contribution is 0.559. The van der Waals surface area contributed by atoms with E-state index < -0.39 is 8.07 Å². The number of anilines is 1. The Kier molecular flexibility index (Phi) is 4.04. The van der Waals surface area contributed by atoms with E-state index in [1.807, 2.05) is 18.2 Å². The highest BCUT2D eigenvalue weighted by Crippen LogP contribution is 2.21. The maximum Gasteiger partial charge on any atom is 0.359 e. The quantitative estimate of drug-likeness (QED) is 0.640. The number of nitrogens with zero attached hydrogens (tertiary/aromatic N) is 1. The van der Waals surface area contributed by atoms with E-state index in [9.17, 15) is 4.79 Å². The zero-order valence-corrected chi connectivity index (χ0v) is 14.0. The molecule has 0 aliphatic rings. The maximum atomic E-state index is 12.5. The molecule has 0 saturated carbocycles. The van der Waals surface area contributed by atoms with E-state index in [0.717, 1.165) is 24.2 Å². The first-order chi connectivity index (χ1) is 9.40. The molecule has 3 nitrogen and oxygen atoms in total. The Balaban J connectivity index is 2.92. The molecular weight excluding hydrogens is 266 g/mol. The Morgan fingerprint density at radius 1 is 1.10 bits per heavy atom. The van der Waals surface area contributed by atoms with Gasteiger partial charge in [0.05, 0.1) is 8.07 Å². The zero-order chi connectivity index (χ0) is 14.9. The lowest BCUT2D eigenvalue weighted by Gasteiger charge is -2.28. The van der Waals surface area contributed by atoms with Gasteiger partial charge >= 0.3 is 5.63 Å². The minimum Gasteiger partial charge on any atom is -0.421 e. The van der Waals surface area contributed by atoms with Gasteiger partial charge in [-0.15, -0.1) is 0 Å². The van der Waals surface area contributed by atoms with Gasteiger partial charge in [0.1, 0.15) is 11.3 Å². The van der Waals surface area contributed by atoms with Crippen molar-refractivity contribution in [2.75, 3.05) is 18.0 Å².